The third kappa shape index (κ3) is 5.29. The van der Waals surface area contributed by atoms with Gasteiger partial charge >= 0.3 is 5.97 Å². The summed E-state index contributed by atoms with van der Waals surface area (Å²) in [4.78, 5) is 23.9. The molecule has 0 spiro atoms. The molecule has 1 amide bonds. The van der Waals surface area contributed by atoms with E-state index in [0.29, 0.717) is 31.6 Å². The highest BCUT2D eigenvalue weighted by atomic mass is 32.2. The lowest BCUT2D eigenvalue weighted by Gasteiger charge is -2.26. The molecule has 3 rings (SSSR count). The highest BCUT2D eigenvalue weighted by Crippen LogP contribution is 2.24. The summed E-state index contributed by atoms with van der Waals surface area (Å²) in [5.74, 6) is -2.38. The van der Waals surface area contributed by atoms with Crippen molar-refractivity contribution in [2.75, 3.05) is 25.0 Å². The maximum atomic E-state index is 14.3. The number of ether oxygens (including phenoxy) is 1. The molecule has 1 aliphatic rings. The summed E-state index contributed by atoms with van der Waals surface area (Å²) in [6, 6.07) is 8.46. The Hall–Kier alpha value is -2.78. The summed E-state index contributed by atoms with van der Waals surface area (Å²) in [6.45, 7) is 3.84. The van der Waals surface area contributed by atoms with Gasteiger partial charge in [-0.05, 0) is 62.1 Å². The van der Waals surface area contributed by atoms with Crippen molar-refractivity contribution in [1.29, 1.82) is 0 Å². The SMILES string of the molecule is Cc1cccc(NC(=O)COC(=O)c2ccc(F)c(S(=O)(=O)N3CCCCC3)c2)c1C. The summed E-state index contributed by atoms with van der Waals surface area (Å²) >= 11 is 0. The molecule has 0 saturated carbocycles. The first-order chi connectivity index (χ1) is 14.7. The van der Waals surface area contributed by atoms with Crippen molar-refractivity contribution in [3.8, 4) is 0 Å². The number of piperidine rings is 1. The normalized spacial score (nSPS) is 14.8. The van der Waals surface area contributed by atoms with Gasteiger partial charge in [0.1, 0.15) is 10.7 Å². The Morgan fingerprint density at radius 2 is 1.81 bits per heavy atom. The van der Waals surface area contributed by atoms with Crippen molar-refractivity contribution in [2.24, 2.45) is 0 Å². The van der Waals surface area contributed by atoms with Crippen LogP contribution in [0.15, 0.2) is 41.3 Å². The van der Waals surface area contributed by atoms with Gasteiger partial charge in [-0.15, -0.1) is 0 Å². The number of amides is 1. The van der Waals surface area contributed by atoms with Gasteiger partial charge in [-0.1, -0.05) is 18.6 Å². The first-order valence-corrected chi connectivity index (χ1v) is 11.5. The van der Waals surface area contributed by atoms with Crippen LogP contribution in [0.4, 0.5) is 10.1 Å². The van der Waals surface area contributed by atoms with E-state index in [1.54, 1.807) is 12.1 Å². The number of halogens is 1. The molecule has 0 atom stereocenters. The van der Waals surface area contributed by atoms with E-state index in [2.05, 4.69) is 5.32 Å². The predicted octanol–water partition coefficient (Wildman–Crippen LogP) is 3.41. The van der Waals surface area contributed by atoms with Crippen molar-refractivity contribution in [3.05, 3.63) is 58.9 Å². The van der Waals surface area contributed by atoms with Crippen LogP contribution in [0.3, 0.4) is 0 Å². The molecule has 7 nitrogen and oxygen atoms in total. The average molecular weight is 449 g/mol. The van der Waals surface area contributed by atoms with E-state index in [0.717, 1.165) is 35.7 Å². The minimum absolute atomic E-state index is 0.142. The maximum Gasteiger partial charge on any atom is 0.338 e. The van der Waals surface area contributed by atoms with Gasteiger partial charge in [0.25, 0.3) is 5.91 Å². The van der Waals surface area contributed by atoms with Crippen LogP contribution in [0.5, 0.6) is 0 Å². The van der Waals surface area contributed by atoms with Gasteiger partial charge in [-0.3, -0.25) is 4.79 Å². The van der Waals surface area contributed by atoms with Crippen molar-refractivity contribution in [2.45, 2.75) is 38.0 Å². The lowest BCUT2D eigenvalue weighted by Crippen LogP contribution is -2.36. The number of hydrogen-bond acceptors (Lipinski definition) is 5. The topological polar surface area (TPSA) is 92.8 Å². The monoisotopic (exact) mass is 448 g/mol. The van der Waals surface area contributed by atoms with Gasteiger partial charge in [0.15, 0.2) is 6.61 Å². The summed E-state index contributed by atoms with van der Waals surface area (Å²) in [5.41, 5.74) is 2.37. The molecule has 0 bridgehead atoms. The van der Waals surface area contributed by atoms with Gasteiger partial charge < -0.3 is 10.1 Å². The van der Waals surface area contributed by atoms with Gasteiger partial charge in [-0.2, -0.15) is 4.31 Å². The second-order valence-electron chi connectivity index (χ2n) is 7.48. The number of benzene rings is 2. The van der Waals surface area contributed by atoms with Crippen molar-refractivity contribution in [3.63, 3.8) is 0 Å². The van der Waals surface area contributed by atoms with Crippen LogP contribution in [0.25, 0.3) is 0 Å². The Labute approximate surface area is 181 Å². The van der Waals surface area contributed by atoms with Gasteiger partial charge in [0, 0.05) is 18.8 Å². The fraction of sp³-hybridized carbons (Fsp3) is 0.364. The number of aryl methyl sites for hydroxylation is 1. The second-order valence-corrected chi connectivity index (χ2v) is 9.39. The van der Waals surface area contributed by atoms with Gasteiger partial charge in [0.05, 0.1) is 5.56 Å². The summed E-state index contributed by atoms with van der Waals surface area (Å²) in [7, 11) is -4.06. The van der Waals surface area contributed by atoms with Crippen LogP contribution in [0, 0.1) is 19.7 Å². The number of nitrogens with one attached hydrogen (secondary N) is 1. The number of sulfonamides is 1. The molecule has 1 aliphatic heterocycles. The lowest BCUT2D eigenvalue weighted by molar-refractivity contribution is -0.119. The Balaban J connectivity index is 1.69. The Kier molecular flexibility index (Phi) is 7.07. The first kappa shape index (κ1) is 22.9. The Morgan fingerprint density at radius 1 is 1.10 bits per heavy atom. The van der Waals surface area contributed by atoms with E-state index in [9.17, 15) is 22.4 Å². The van der Waals surface area contributed by atoms with Crippen LogP contribution in [0.2, 0.25) is 0 Å². The van der Waals surface area contributed by atoms with Crippen LogP contribution in [-0.4, -0.2) is 44.3 Å². The van der Waals surface area contributed by atoms with E-state index in [1.165, 1.54) is 4.31 Å². The molecule has 2 aromatic rings. The molecule has 1 heterocycles. The van der Waals surface area contributed by atoms with Crippen molar-refractivity contribution >= 4 is 27.6 Å². The van der Waals surface area contributed by atoms with Gasteiger partial charge in [-0.25, -0.2) is 17.6 Å². The third-order valence-electron chi connectivity index (χ3n) is 5.31. The summed E-state index contributed by atoms with van der Waals surface area (Å²) in [6.07, 6.45) is 2.33. The molecule has 0 unspecified atom stereocenters. The number of hydrogen-bond donors (Lipinski definition) is 1. The van der Waals surface area contributed by atoms with E-state index in [-0.39, 0.29) is 5.56 Å². The van der Waals surface area contributed by atoms with Crippen LogP contribution < -0.4 is 5.32 Å². The Morgan fingerprint density at radius 3 is 2.52 bits per heavy atom. The zero-order valence-electron chi connectivity index (χ0n) is 17.5. The molecule has 0 radical (unpaired) electrons. The van der Waals surface area contributed by atoms with Crippen LogP contribution in [-0.2, 0) is 19.6 Å². The van der Waals surface area contributed by atoms with Crippen molar-refractivity contribution in [1.82, 2.24) is 4.31 Å². The Bertz CT molecular complexity index is 1100. The number of rotatable bonds is 6. The highest BCUT2D eigenvalue weighted by Gasteiger charge is 2.29. The summed E-state index contributed by atoms with van der Waals surface area (Å²) < 4.78 is 46.1. The molecule has 2 aromatic carbocycles. The molecular weight excluding hydrogens is 423 g/mol. The zero-order chi connectivity index (χ0) is 22.6. The number of esters is 1. The van der Waals surface area contributed by atoms with E-state index >= 15 is 0 Å². The number of anilines is 1. The third-order valence-corrected chi connectivity index (χ3v) is 7.23. The lowest BCUT2D eigenvalue weighted by atomic mass is 10.1. The zero-order valence-corrected chi connectivity index (χ0v) is 18.3. The maximum absolute atomic E-state index is 14.3. The van der Waals surface area contributed by atoms with E-state index < -0.39 is 39.2 Å². The summed E-state index contributed by atoms with van der Waals surface area (Å²) in [5, 5.41) is 2.67. The molecule has 1 saturated heterocycles. The highest BCUT2D eigenvalue weighted by molar-refractivity contribution is 7.89. The van der Waals surface area contributed by atoms with Gasteiger partial charge in [0.2, 0.25) is 10.0 Å². The standard InChI is InChI=1S/C22H25FN2O5S/c1-15-7-6-8-19(16(15)2)24-21(26)14-30-22(27)17-9-10-18(23)20(13-17)31(28,29)25-11-4-3-5-12-25/h6-10,13H,3-5,11-12,14H2,1-2H3,(H,24,26). The predicted molar refractivity (Wildman–Crippen MR) is 114 cm³/mol. The van der Waals surface area contributed by atoms with E-state index in [4.69, 9.17) is 4.74 Å². The van der Waals surface area contributed by atoms with Crippen LogP contribution in [0.1, 0.15) is 40.7 Å². The molecule has 31 heavy (non-hydrogen) atoms. The van der Waals surface area contributed by atoms with E-state index in [1.807, 2.05) is 19.9 Å². The minimum atomic E-state index is -4.06. The minimum Gasteiger partial charge on any atom is -0.452 e. The molecular formula is C22H25FN2O5S. The van der Waals surface area contributed by atoms with Crippen LogP contribution >= 0.6 is 0 Å². The number of carbonyl (C=O) groups is 2. The molecule has 1 fully saturated rings. The molecule has 0 aromatic heterocycles. The fourth-order valence-electron chi connectivity index (χ4n) is 3.36. The quantitative estimate of drug-likeness (QED) is 0.684. The number of carbonyl (C=O) groups excluding carboxylic acids is 2. The average Bonchev–Trinajstić information content (AvgIpc) is 2.76. The first-order valence-electron chi connectivity index (χ1n) is 10.0. The number of nitrogens with zero attached hydrogens (tertiary/aromatic N) is 1. The molecule has 166 valence electrons. The fourth-order valence-corrected chi connectivity index (χ4v) is 4.97. The van der Waals surface area contributed by atoms with Crippen molar-refractivity contribution < 1.29 is 27.1 Å². The molecule has 1 N–H and O–H groups in total. The largest absolute Gasteiger partial charge is 0.452 e. The smallest absolute Gasteiger partial charge is 0.338 e. The molecule has 9 heteroatoms. The second kappa shape index (κ2) is 9.57. The molecule has 0 aliphatic carbocycles.